The number of aromatic hydroxyl groups is 1. The van der Waals surface area contributed by atoms with E-state index in [2.05, 4.69) is 23.0 Å². The lowest BCUT2D eigenvalue weighted by molar-refractivity contribution is 0.298. The van der Waals surface area contributed by atoms with Gasteiger partial charge in [-0.1, -0.05) is 44.4 Å². The molecule has 2 heterocycles. The molecule has 7 nitrogen and oxygen atoms in total. The molecule has 1 saturated carbocycles. The van der Waals surface area contributed by atoms with Gasteiger partial charge < -0.3 is 10.1 Å². The van der Waals surface area contributed by atoms with Crippen molar-refractivity contribution in [3.05, 3.63) is 62.4 Å². The zero-order valence-electron chi connectivity index (χ0n) is 18.1. The summed E-state index contributed by atoms with van der Waals surface area (Å²) in [5.41, 5.74) is 1.68. The summed E-state index contributed by atoms with van der Waals surface area (Å²) in [5.74, 6) is -0.260. The van der Waals surface area contributed by atoms with E-state index in [4.69, 9.17) is 4.99 Å². The molecular formula is C24H30N4O3. The van der Waals surface area contributed by atoms with Crippen LogP contribution in [-0.4, -0.2) is 31.4 Å². The fourth-order valence-corrected chi connectivity index (χ4v) is 4.72. The normalized spacial score (nSPS) is 16.6. The fourth-order valence-electron chi connectivity index (χ4n) is 4.72. The van der Waals surface area contributed by atoms with Crippen molar-refractivity contribution in [3.63, 3.8) is 0 Å². The van der Waals surface area contributed by atoms with Crippen LogP contribution in [0.25, 0.3) is 10.9 Å². The molecule has 1 unspecified atom stereocenters. The Labute approximate surface area is 180 Å². The summed E-state index contributed by atoms with van der Waals surface area (Å²) in [5, 5.41) is 12.1. The smallest absolute Gasteiger partial charge is 0.331 e. The summed E-state index contributed by atoms with van der Waals surface area (Å²) >= 11 is 0. The van der Waals surface area contributed by atoms with Crippen LogP contribution < -0.4 is 11.2 Å². The molecule has 1 aromatic carbocycles. The topological polar surface area (TPSA) is 103 Å². The first-order valence-corrected chi connectivity index (χ1v) is 11.2. The number of aliphatic imine (C=N–C) groups is 1. The lowest BCUT2D eigenvalue weighted by Crippen LogP contribution is -2.36. The lowest BCUT2D eigenvalue weighted by Gasteiger charge is -2.25. The number of fused-ring (bicyclic) bond motifs is 1. The van der Waals surface area contributed by atoms with Crippen molar-refractivity contribution in [1.82, 2.24) is 14.5 Å². The van der Waals surface area contributed by atoms with Gasteiger partial charge in [-0.2, -0.15) is 0 Å². The molecule has 0 amide bonds. The summed E-state index contributed by atoms with van der Waals surface area (Å²) in [7, 11) is 0. The molecule has 1 aliphatic rings. The van der Waals surface area contributed by atoms with Crippen molar-refractivity contribution in [2.45, 2.75) is 70.9 Å². The minimum absolute atomic E-state index is 0.0481. The van der Waals surface area contributed by atoms with Crippen LogP contribution in [0.4, 0.5) is 0 Å². The van der Waals surface area contributed by atoms with Crippen LogP contribution in [0.5, 0.6) is 5.88 Å². The molecule has 0 bridgehead atoms. The highest BCUT2D eigenvalue weighted by atomic mass is 16.3. The van der Waals surface area contributed by atoms with E-state index in [-0.39, 0.29) is 23.5 Å². The molecule has 1 aliphatic carbocycles. The zero-order valence-corrected chi connectivity index (χ0v) is 18.1. The molecule has 1 atom stereocenters. The second kappa shape index (κ2) is 8.96. The van der Waals surface area contributed by atoms with Crippen molar-refractivity contribution in [3.8, 4) is 5.88 Å². The quantitative estimate of drug-likeness (QED) is 0.522. The Morgan fingerprint density at radius 3 is 2.71 bits per heavy atom. The number of rotatable bonds is 6. The van der Waals surface area contributed by atoms with Gasteiger partial charge in [-0.25, -0.2) is 4.79 Å². The number of aromatic amines is 2. The number of aromatic nitrogens is 3. The Bertz CT molecular complexity index is 1210. The minimum atomic E-state index is -0.585. The predicted octanol–water partition coefficient (Wildman–Crippen LogP) is 4.06. The number of para-hydroxylation sites is 1. The summed E-state index contributed by atoms with van der Waals surface area (Å²) < 4.78 is 1.36. The van der Waals surface area contributed by atoms with Gasteiger partial charge in [0.2, 0.25) is 5.88 Å². The van der Waals surface area contributed by atoms with Crippen LogP contribution in [0, 0.1) is 0 Å². The molecule has 0 radical (unpaired) electrons. The van der Waals surface area contributed by atoms with E-state index in [9.17, 15) is 14.7 Å². The number of nitrogens with zero attached hydrogens (tertiary/aromatic N) is 2. The Hall–Kier alpha value is -3.09. The standard InChI is InChI=1S/C24H30N4O3/c1-3-17(13-16-14-25-20-12-8-7-11-19(16)20)26-15(2)21-22(29)27-24(31)28(23(21)30)18-9-5-4-6-10-18/h7-8,11-12,14,17-18,25,30H,3-6,9-10,13H2,1-2H3,(H,27,29,31). The molecule has 3 N–H and O–H groups in total. The number of hydrogen-bond donors (Lipinski definition) is 3. The van der Waals surface area contributed by atoms with Crippen LogP contribution in [-0.2, 0) is 6.42 Å². The molecule has 7 heteroatoms. The van der Waals surface area contributed by atoms with E-state index < -0.39 is 11.2 Å². The molecule has 1 fully saturated rings. The molecule has 0 saturated heterocycles. The molecule has 3 aromatic rings. The minimum Gasteiger partial charge on any atom is -0.494 e. The van der Waals surface area contributed by atoms with Crippen molar-refractivity contribution >= 4 is 16.6 Å². The van der Waals surface area contributed by atoms with Crippen LogP contribution in [0.2, 0.25) is 0 Å². The third kappa shape index (κ3) is 4.22. The highest BCUT2D eigenvalue weighted by molar-refractivity contribution is 6.00. The number of nitrogens with one attached hydrogen (secondary N) is 2. The molecule has 0 spiro atoms. The van der Waals surface area contributed by atoms with Gasteiger partial charge >= 0.3 is 5.69 Å². The molecule has 31 heavy (non-hydrogen) atoms. The first-order chi connectivity index (χ1) is 15.0. The Kier molecular flexibility index (Phi) is 6.11. The molecular weight excluding hydrogens is 392 g/mol. The highest BCUT2D eigenvalue weighted by Crippen LogP contribution is 2.30. The van der Waals surface area contributed by atoms with Crippen molar-refractivity contribution in [1.29, 1.82) is 0 Å². The monoisotopic (exact) mass is 422 g/mol. The van der Waals surface area contributed by atoms with Crippen LogP contribution in [0.1, 0.15) is 69.5 Å². The summed E-state index contributed by atoms with van der Waals surface area (Å²) in [6.07, 6.45) is 8.33. The molecule has 0 aliphatic heterocycles. The predicted molar refractivity (Wildman–Crippen MR) is 123 cm³/mol. The van der Waals surface area contributed by atoms with Crippen LogP contribution in [0.3, 0.4) is 0 Å². The highest BCUT2D eigenvalue weighted by Gasteiger charge is 2.24. The lowest BCUT2D eigenvalue weighted by atomic mass is 9.95. The maximum Gasteiger partial charge on any atom is 0.331 e. The number of benzene rings is 1. The number of hydrogen-bond acceptors (Lipinski definition) is 4. The van der Waals surface area contributed by atoms with Gasteiger partial charge in [0.15, 0.2) is 0 Å². The van der Waals surface area contributed by atoms with Gasteiger partial charge in [-0.3, -0.25) is 19.3 Å². The van der Waals surface area contributed by atoms with Crippen LogP contribution in [0.15, 0.2) is 45.0 Å². The van der Waals surface area contributed by atoms with Crippen molar-refractivity contribution < 1.29 is 5.11 Å². The van der Waals surface area contributed by atoms with Crippen LogP contribution >= 0.6 is 0 Å². The van der Waals surface area contributed by atoms with E-state index in [1.165, 1.54) is 15.5 Å². The molecule has 2 aromatic heterocycles. The van der Waals surface area contributed by atoms with E-state index in [1.54, 1.807) is 6.92 Å². The van der Waals surface area contributed by atoms with Gasteiger partial charge in [-0.05, 0) is 44.2 Å². The first kappa shape index (κ1) is 21.2. The summed E-state index contributed by atoms with van der Waals surface area (Å²) in [6.45, 7) is 3.79. The SMILES string of the molecule is CCC(Cc1c[nH]c2ccccc12)N=C(C)c1c(O)n(C2CCCCC2)c(=O)[nH]c1=O. The second-order valence-electron chi connectivity index (χ2n) is 8.46. The average molecular weight is 423 g/mol. The average Bonchev–Trinajstić information content (AvgIpc) is 3.16. The van der Waals surface area contributed by atoms with E-state index in [0.29, 0.717) is 5.71 Å². The maximum absolute atomic E-state index is 12.6. The van der Waals surface area contributed by atoms with Gasteiger partial charge in [-0.15, -0.1) is 0 Å². The zero-order chi connectivity index (χ0) is 22.0. The Morgan fingerprint density at radius 2 is 1.97 bits per heavy atom. The van der Waals surface area contributed by atoms with Gasteiger partial charge in [0.05, 0.1) is 11.8 Å². The molecule has 4 rings (SSSR count). The number of H-pyrrole nitrogens is 2. The fraction of sp³-hybridized carbons (Fsp3) is 0.458. The van der Waals surface area contributed by atoms with Gasteiger partial charge in [0.25, 0.3) is 5.56 Å². The van der Waals surface area contributed by atoms with Gasteiger partial charge in [0.1, 0.15) is 5.56 Å². The maximum atomic E-state index is 12.6. The summed E-state index contributed by atoms with van der Waals surface area (Å²) in [4.78, 5) is 35.5. The largest absolute Gasteiger partial charge is 0.494 e. The first-order valence-electron chi connectivity index (χ1n) is 11.2. The van der Waals surface area contributed by atoms with E-state index in [1.807, 2.05) is 24.4 Å². The Morgan fingerprint density at radius 1 is 1.23 bits per heavy atom. The van der Waals surface area contributed by atoms with Crippen molar-refractivity contribution in [2.75, 3.05) is 0 Å². The third-order valence-corrected chi connectivity index (χ3v) is 6.40. The van der Waals surface area contributed by atoms with E-state index >= 15 is 0 Å². The van der Waals surface area contributed by atoms with Crippen molar-refractivity contribution in [2.24, 2.45) is 4.99 Å². The third-order valence-electron chi connectivity index (χ3n) is 6.40. The van der Waals surface area contributed by atoms with Gasteiger partial charge in [0, 0.05) is 23.1 Å². The molecule has 164 valence electrons. The summed E-state index contributed by atoms with van der Waals surface area (Å²) in [6, 6.07) is 8.01. The Balaban J connectivity index is 1.67. The van der Waals surface area contributed by atoms with E-state index in [0.717, 1.165) is 50.5 Å². The second-order valence-corrected chi connectivity index (χ2v) is 8.46.